The zero-order chi connectivity index (χ0) is 17.1. The van der Waals surface area contributed by atoms with Gasteiger partial charge in [-0.05, 0) is 25.9 Å². The maximum absolute atomic E-state index is 11.7. The molecule has 0 rings (SSSR count). The first-order chi connectivity index (χ1) is 10.4. The number of unbranched alkanes of at least 4 members (excludes halogenated alkanes) is 1. The monoisotopic (exact) mass is 321 g/mol. The van der Waals surface area contributed by atoms with Crippen LogP contribution in [0.15, 0.2) is 0 Å². The summed E-state index contributed by atoms with van der Waals surface area (Å²) in [5.41, 5.74) is 0. The van der Waals surface area contributed by atoms with Gasteiger partial charge in [0.25, 0.3) is 0 Å². The average Bonchev–Trinajstić information content (AvgIpc) is 2.54. The van der Waals surface area contributed by atoms with Crippen molar-refractivity contribution >= 4 is 11.8 Å². The maximum Gasteiger partial charge on any atom is 0.337 e. The highest BCUT2D eigenvalue weighted by Crippen LogP contribution is 2.09. The summed E-state index contributed by atoms with van der Waals surface area (Å²) in [5, 5.41) is 41.3. The second-order valence-corrected chi connectivity index (χ2v) is 5.07. The summed E-state index contributed by atoms with van der Waals surface area (Å²) in [5.74, 6) is -1.83. The number of rotatable bonds is 12. The van der Waals surface area contributed by atoms with Crippen LogP contribution >= 0.6 is 0 Å². The fourth-order valence-electron chi connectivity index (χ4n) is 1.79. The van der Waals surface area contributed by atoms with Crippen molar-refractivity contribution in [2.24, 2.45) is 0 Å². The van der Waals surface area contributed by atoms with E-state index in [4.69, 9.17) is 0 Å². The largest absolute Gasteiger partial charge is 0.467 e. The Morgan fingerprint density at radius 3 is 2.09 bits per heavy atom. The highest BCUT2D eigenvalue weighted by atomic mass is 16.5. The highest BCUT2D eigenvalue weighted by molar-refractivity contribution is 5.83. The van der Waals surface area contributed by atoms with E-state index in [1.54, 1.807) is 0 Å². The van der Waals surface area contributed by atoms with Crippen LogP contribution in [0.5, 0.6) is 0 Å². The second-order valence-electron chi connectivity index (χ2n) is 5.07. The predicted octanol–water partition coefficient (Wildman–Crippen LogP) is -1.66. The fourth-order valence-corrected chi connectivity index (χ4v) is 1.79. The van der Waals surface area contributed by atoms with Gasteiger partial charge in [0.05, 0.1) is 7.11 Å². The molecule has 0 spiro atoms. The van der Waals surface area contributed by atoms with Crippen LogP contribution in [0, 0.1) is 0 Å². The molecule has 0 aliphatic rings. The van der Waals surface area contributed by atoms with Crippen molar-refractivity contribution in [1.29, 1.82) is 0 Å². The fraction of sp³-hybridized carbons (Fsp3) is 0.857. The molecule has 0 aliphatic carbocycles. The lowest BCUT2D eigenvalue weighted by atomic mass is 9.98. The number of nitrogens with one attached hydrogen (secondary N) is 1. The summed E-state index contributed by atoms with van der Waals surface area (Å²) in [4.78, 5) is 22.7. The van der Waals surface area contributed by atoms with Crippen LogP contribution in [0.4, 0.5) is 0 Å². The smallest absolute Gasteiger partial charge is 0.337 e. The van der Waals surface area contributed by atoms with Crippen LogP contribution in [-0.2, 0) is 14.3 Å². The van der Waals surface area contributed by atoms with Crippen LogP contribution in [0.25, 0.3) is 0 Å². The minimum absolute atomic E-state index is 0.0123. The van der Waals surface area contributed by atoms with E-state index in [-0.39, 0.29) is 6.42 Å². The number of ketones is 1. The van der Waals surface area contributed by atoms with Crippen molar-refractivity contribution in [3.05, 3.63) is 0 Å². The van der Waals surface area contributed by atoms with Gasteiger partial charge in [-0.2, -0.15) is 0 Å². The van der Waals surface area contributed by atoms with Crippen molar-refractivity contribution in [1.82, 2.24) is 5.32 Å². The molecule has 0 unspecified atom stereocenters. The van der Waals surface area contributed by atoms with Crippen LogP contribution in [-0.4, -0.2) is 76.8 Å². The van der Waals surface area contributed by atoms with Crippen molar-refractivity contribution in [2.45, 2.75) is 57.0 Å². The Balaban J connectivity index is 4.17. The highest BCUT2D eigenvalue weighted by Gasteiger charge is 2.37. The van der Waals surface area contributed by atoms with E-state index >= 15 is 0 Å². The van der Waals surface area contributed by atoms with Gasteiger partial charge in [-0.3, -0.25) is 4.79 Å². The van der Waals surface area contributed by atoms with E-state index in [0.29, 0.717) is 13.0 Å². The number of methoxy groups -OCH3 is 1. The van der Waals surface area contributed by atoms with Crippen molar-refractivity contribution in [3.63, 3.8) is 0 Å². The number of hydrogen-bond donors (Lipinski definition) is 5. The lowest BCUT2D eigenvalue weighted by molar-refractivity contribution is -0.168. The average molecular weight is 321 g/mol. The van der Waals surface area contributed by atoms with Crippen molar-refractivity contribution < 1.29 is 34.8 Å². The summed E-state index contributed by atoms with van der Waals surface area (Å²) in [6.45, 7) is 3.51. The minimum atomic E-state index is -2.03. The van der Waals surface area contributed by atoms with E-state index in [1.807, 2.05) is 0 Å². The van der Waals surface area contributed by atoms with Gasteiger partial charge in [0, 0.05) is 6.42 Å². The number of carbonyl (C=O) groups is 2. The molecule has 0 radical (unpaired) electrons. The summed E-state index contributed by atoms with van der Waals surface area (Å²) in [6.07, 6.45) is -5.28. The molecule has 0 aromatic rings. The molecule has 4 atom stereocenters. The predicted molar refractivity (Wildman–Crippen MR) is 78.1 cm³/mol. The number of esters is 1. The molecular weight excluding hydrogens is 294 g/mol. The first-order valence-electron chi connectivity index (χ1n) is 7.40. The van der Waals surface area contributed by atoms with Gasteiger partial charge in [-0.15, -0.1) is 0 Å². The molecule has 0 heterocycles. The van der Waals surface area contributed by atoms with E-state index in [2.05, 4.69) is 17.0 Å². The molecule has 5 N–H and O–H groups in total. The zero-order valence-electron chi connectivity index (χ0n) is 13.1. The Morgan fingerprint density at radius 2 is 1.55 bits per heavy atom. The van der Waals surface area contributed by atoms with Gasteiger partial charge in [0.2, 0.25) is 0 Å². The zero-order valence-corrected chi connectivity index (χ0v) is 13.1. The molecule has 0 saturated heterocycles. The summed E-state index contributed by atoms with van der Waals surface area (Å²) in [6, 6.07) is 0. The van der Waals surface area contributed by atoms with Crippen LogP contribution < -0.4 is 5.32 Å². The number of Topliss-reactive ketones (excluding diaryl/α,β-unsaturated/α-hetero) is 1. The Hall–Kier alpha value is -1.06. The van der Waals surface area contributed by atoms with E-state index in [9.17, 15) is 30.0 Å². The topological polar surface area (TPSA) is 136 Å². The van der Waals surface area contributed by atoms with Crippen LogP contribution in [0.3, 0.4) is 0 Å². The van der Waals surface area contributed by atoms with Gasteiger partial charge in [0.1, 0.15) is 18.3 Å². The third-order valence-corrected chi connectivity index (χ3v) is 3.25. The number of ether oxygens (including phenoxy) is 1. The Kier molecular flexibility index (Phi) is 10.9. The molecule has 8 nitrogen and oxygen atoms in total. The van der Waals surface area contributed by atoms with E-state index in [0.717, 1.165) is 26.5 Å². The van der Waals surface area contributed by atoms with Crippen molar-refractivity contribution in [2.75, 3.05) is 20.2 Å². The SMILES string of the molecule is CCCCNCCCC(=O)[C@H](O)[C@@H](O)[C@H](O)[C@H](O)C(=O)OC. The standard InChI is InChI=1S/C14H27NO7/c1-3-4-7-15-8-5-6-9(16)10(17)11(18)12(19)13(20)14(21)22-2/h10-13,15,17-20H,3-8H2,1-2H3/t10-,11+,12-,13-/m0/s1. The minimum Gasteiger partial charge on any atom is -0.467 e. The molecule has 0 bridgehead atoms. The van der Waals surface area contributed by atoms with Gasteiger partial charge in [-0.1, -0.05) is 13.3 Å². The molecule has 0 aromatic heterocycles. The van der Waals surface area contributed by atoms with Crippen LogP contribution in [0.1, 0.15) is 32.6 Å². The van der Waals surface area contributed by atoms with Gasteiger partial charge < -0.3 is 30.5 Å². The number of hydrogen-bond acceptors (Lipinski definition) is 8. The summed E-state index contributed by atoms with van der Waals surface area (Å²) < 4.78 is 4.20. The molecular formula is C14H27NO7. The Morgan fingerprint density at radius 1 is 1.00 bits per heavy atom. The van der Waals surface area contributed by atoms with Gasteiger partial charge in [0.15, 0.2) is 11.9 Å². The van der Waals surface area contributed by atoms with Gasteiger partial charge in [-0.25, -0.2) is 4.79 Å². The maximum atomic E-state index is 11.7. The Labute approximate surface area is 130 Å². The molecule has 0 amide bonds. The van der Waals surface area contributed by atoms with Crippen LogP contribution in [0.2, 0.25) is 0 Å². The van der Waals surface area contributed by atoms with E-state index in [1.165, 1.54) is 0 Å². The third kappa shape index (κ3) is 7.28. The molecule has 0 aliphatic heterocycles. The number of aliphatic hydroxyl groups is 4. The van der Waals surface area contributed by atoms with Gasteiger partial charge >= 0.3 is 5.97 Å². The second kappa shape index (κ2) is 11.5. The quantitative estimate of drug-likeness (QED) is 0.213. The first-order valence-corrected chi connectivity index (χ1v) is 7.40. The van der Waals surface area contributed by atoms with Crippen molar-refractivity contribution in [3.8, 4) is 0 Å². The molecule has 22 heavy (non-hydrogen) atoms. The molecule has 0 aromatic carbocycles. The summed E-state index contributed by atoms with van der Waals surface area (Å²) in [7, 11) is 0.998. The normalized spacial score (nSPS) is 16.6. The molecule has 0 saturated carbocycles. The molecule has 8 heteroatoms. The lowest BCUT2D eigenvalue weighted by Crippen LogP contribution is -2.50. The summed E-state index contributed by atoms with van der Waals surface area (Å²) >= 11 is 0. The van der Waals surface area contributed by atoms with E-state index < -0.39 is 36.2 Å². The number of aliphatic hydroxyl groups excluding tert-OH is 4. The third-order valence-electron chi connectivity index (χ3n) is 3.25. The Bertz CT molecular complexity index is 337. The number of carbonyl (C=O) groups excluding carboxylic acids is 2. The lowest BCUT2D eigenvalue weighted by Gasteiger charge is -2.24. The first kappa shape index (κ1) is 20.9. The molecule has 130 valence electrons. The molecule has 0 fully saturated rings.